The van der Waals surface area contributed by atoms with E-state index < -0.39 is 14.2 Å². The average molecular weight is 240 g/mol. The van der Waals surface area contributed by atoms with E-state index in [4.69, 9.17) is 0 Å². The van der Waals surface area contributed by atoms with Crippen molar-refractivity contribution in [3.8, 4) is 0 Å². The first kappa shape index (κ1) is 15.4. The van der Waals surface area contributed by atoms with E-state index in [0.29, 0.717) is 19.3 Å². The molecule has 3 heteroatoms. The van der Waals surface area contributed by atoms with E-state index in [9.17, 15) is 9.90 Å². The average Bonchev–Trinajstić information content (AvgIpc) is 2.11. The number of carbonyl (C=O) groups excluding carboxylic acids is 1. The maximum absolute atomic E-state index is 10.8. The van der Waals surface area contributed by atoms with Gasteiger partial charge in [-0.3, -0.25) is 0 Å². The predicted molar refractivity (Wildman–Crippen MR) is 71.3 cm³/mol. The van der Waals surface area contributed by atoms with Crippen LogP contribution in [0.3, 0.4) is 0 Å². The van der Waals surface area contributed by atoms with E-state index in [1.165, 1.54) is 0 Å². The van der Waals surface area contributed by atoms with Gasteiger partial charge >= 0.3 is 0 Å². The summed E-state index contributed by atoms with van der Waals surface area (Å²) in [5.74, 6) is 0.133. The third kappa shape index (κ3) is 8.66. The monoisotopic (exact) mass is 240 g/mol. The Labute approximate surface area is 100 Å². The molecule has 0 heterocycles. The maximum Gasteiger partial charge on any atom is 0.129 e. The first-order chi connectivity index (χ1) is 7.24. The third-order valence-corrected chi connectivity index (χ3v) is 3.79. The Morgan fingerprint density at radius 3 is 2.38 bits per heavy atom. The lowest BCUT2D eigenvalue weighted by Crippen LogP contribution is -2.21. The molecule has 0 aliphatic carbocycles. The van der Waals surface area contributed by atoms with E-state index in [1.807, 2.05) is 0 Å². The Kier molecular flexibility index (Phi) is 6.57. The summed E-state index contributed by atoms with van der Waals surface area (Å²) in [5.41, 5.74) is 4.04. The molecule has 0 amide bonds. The lowest BCUT2D eigenvalue weighted by molar-refractivity contribution is -0.117. The fourth-order valence-electron chi connectivity index (χ4n) is 1.60. The normalized spacial score (nSPS) is 13.1. The highest BCUT2D eigenvalue weighted by Crippen LogP contribution is 2.20. The van der Waals surface area contributed by atoms with Gasteiger partial charge in [0.05, 0.1) is 6.10 Å². The smallest absolute Gasteiger partial charge is 0.129 e. The van der Waals surface area contributed by atoms with Gasteiger partial charge in [-0.05, 0) is 25.0 Å². The largest absolute Gasteiger partial charge is 0.393 e. The number of rotatable bonds is 7. The predicted octanol–water partition coefficient (Wildman–Crippen LogP) is 3.16. The Balaban J connectivity index is 4.14. The van der Waals surface area contributed by atoms with Crippen molar-refractivity contribution in [3.05, 3.63) is 17.9 Å². The van der Waals surface area contributed by atoms with Gasteiger partial charge in [0, 0.05) is 20.9 Å². The minimum absolute atomic E-state index is 0.133. The van der Waals surface area contributed by atoms with E-state index >= 15 is 0 Å². The topological polar surface area (TPSA) is 37.3 Å². The summed E-state index contributed by atoms with van der Waals surface area (Å²) in [5, 5.41) is 9.77. The minimum Gasteiger partial charge on any atom is -0.393 e. The first-order valence-corrected chi connectivity index (χ1v) is 9.50. The number of carbonyl (C=O) groups is 1. The van der Waals surface area contributed by atoms with Gasteiger partial charge in [-0.1, -0.05) is 26.2 Å². The van der Waals surface area contributed by atoms with Crippen molar-refractivity contribution in [2.24, 2.45) is 0 Å². The molecule has 1 unspecified atom stereocenters. The first-order valence-electron chi connectivity index (χ1n) is 5.80. The van der Waals surface area contributed by atoms with Crippen LogP contribution in [0.2, 0.25) is 25.7 Å². The van der Waals surface area contributed by atoms with Gasteiger partial charge in [-0.2, -0.15) is 0 Å². The molecule has 0 spiro atoms. The van der Waals surface area contributed by atoms with Crippen LogP contribution in [0.5, 0.6) is 0 Å². The Hall–Kier alpha value is -0.633. The molecule has 0 aliphatic heterocycles. The van der Waals surface area contributed by atoms with E-state index in [0.717, 1.165) is 11.6 Å². The molecule has 0 aromatic rings. The summed E-state index contributed by atoms with van der Waals surface area (Å²) in [7, 11) is -1.17. The zero-order chi connectivity index (χ0) is 12.8. The standard InChI is InChI=1S/C13H24O2Si/c1-6-12(10-16(3,4)5)9-13(15)8-7-11(2)14/h13,15H,1,7-10H2,2-5H3. The van der Waals surface area contributed by atoms with Gasteiger partial charge < -0.3 is 9.90 Å². The Morgan fingerprint density at radius 2 is 2.00 bits per heavy atom. The molecule has 0 aromatic heterocycles. The molecular formula is C13H24O2Si. The summed E-state index contributed by atoms with van der Waals surface area (Å²) in [4.78, 5) is 10.8. The molecule has 2 nitrogen and oxygen atoms in total. The van der Waals surface area contributed by atoms with Gasteiger partial charge in [0.2, 0.25) is 0 Å². The van der Waals surface area contributed by atoms with Gasteiger partial charge in [0.25, 0.3) is 0 Å². The van der Waals surface area contributed by atoms with Crippen molar-refractivity contribution < 1.29 is 9.90 Å². The molecule has 0 rings (SSSR count). The second kappa shape index (κ2) is 6.84. The Bertz CT molecular complexity index is 283. The van der Waals surface area contributed by atoms with Crippen LogP contribution in [0.25, 0.3) is 0 Å². The number of hydrogen-bond acceptors (Lipinski definition) is 2. The fourth-order valence-corrected chi connectivity index (χ4v) is 3.15. The molecular weight excluding hydrogens is 216 g/mol. The molecule has 92 valence electrons. The quantitative estimate of drug-likeness (QED) is 0.548. The number of Topliss-reactive ketones (excluding diaryl/α,β-unsaturated/α-hetero) is 1. The van der Waals surface area contributed by atoms with Crippen molar-refractivity contribution in [1.82, 2.24) is 0 Å². The van der Waals surface area contributed by atoms with Gasteiger partial charge in [-0.25, -0.2) is 0 Å². The number of ketones is 1. The number of aliphatic hydroxyl groups is 1. The van der Waals surface area contributed by atoms with Crippen molar-refractivity contribution in [2.45, 2.75) is 58.0 Å². The van der Waals surface area contributed by atoms with E-state index in [1.54, 1.807) is 6.92 Å². The Morgan fingerprint density at radius 1 is 1.44 bits per heavy atom. The van der Waals surface area contributed by atoms with Crippen LogP contribution >= 0.6 is 0 Å². The molecule has 0 aliphatic rings. The third-order valence-electron chi connectivity index (χ3n) is 2.31. The van der Waals surface area contributed by atoms with Gasteiger partial charge in [0.15, 0.2) is 0 Å². The molecule has 1 atom stereocenters. The lowest BCUT2D eigenvalue weighted by Gasteiger charge is -2.19. The molecule has 0 aromatic carbocycles. The van der Waals surface area contributed by atoms with Crippen LogP contribution in [0.1, 0.15) is 26.2 Å². The SMILES string of the molecule is C=C=C(CC(O)CCC(C)=O)C[Si](C)(C)C. The van der Waals surface area contributed by atoms with Crippen LogP contribution in [0.15, 0.2) is 17.9 Å². The van der Waals surface area contributed by atoms with Crippen molar-refractivity contribution in [2.75, 3.05) is 0 Å². The molecule has 0 bridgehead atoms. The zero-order valence-corrected chi connectivity index (χ0v) is 12.0. The molecule has 0 radical (unpaired) electrons. The van der Waals surface area contributed by atoms with E-state index in [-0.39, 0.29) is 5.78 Å². The summed E-state index contributed by atoms with van der Waals surface area (Å²) < 4.78 is 0. The van der Waals surface area contributed by atoms with Crippen molar-refractivity contribution in [3.63, 3.8) is 0 Å². The highest BCUT2D eigenvalue weighted by Gasteiger charge is 2.17. The number of aliphatic hydroxyl groups excluding tert-OH is 1. The van der Waals surface area contributed by atoms with Crippen LogP contribution in [0, 0.1) is 0 Å². The molecule has 0 saturated heterocycles. The minimum atomic E-state index is -1.17. The van der Waals surface area contributed by atoms with Crippen LogP contribution in [-0.2, 0) is 4.79 Å². The second-order valence-corrected chi connectivity index (χ2v) is 11.1. The highest BCUT2D eigenvalue weighted by atomic mass is 28.3. The van der Waals surface area contributed by atoms with Crippen LogP contribution in [0.4, 0.5) is 0 Å². The summed E-state index contributed by atoms with van der Waals surface area (Å²) in [6, 6.07) is 1.02. The molecule has 1 N–H and O–H groups in total. The maximum atomic E-state index is 10.8. The second-order valence-electron chi connectivity index (χ2n) is 5.62. The van der Waals surface area contributed by atoms with Gasteiger partial charge in [0.1, 0.15) is 5.78 Å². The van der Waals surface area contributed by atoms with Gasteiger partial charge in [-0.15, -0.1) is 5.73 Å². The van der Waals surface area contributed by atoms with Crippen molar-refractivity contribution in [1.29, 1.82) is 0 Å². The van der Waals surface area contributed by atoms with Crippen LogP contribution in [-0.4, -0.2) is 25.1 Å². The summed E-state index contributed by atoms with van der Waals surface area (Å²) in [6.45, 7) is 12.1. The van der Waals surface area contributed by atoms with Crippen LogP contribution < -0.4 is 0 Å². The summed E-state index contributed by atoms with van der Waals surface area (Å²) >= 11 is 0. The molecule has 0 fully saturated rings. The lowest BCUT2D eigenvalue weighted by atomic mass is 10.1. The molecule has 16 heavy (non-hydrogen) atoms. The number of hydrogen-bond donors (Lipinski definition) is 1. The fraction of sp³-hybridized carbons (Fsp3) is 0.692. The van der Waals surface area contributed by atoms with E-state index in [2.05, 4.69) is 32.0 Å². The zero-order valence-electron chi connectivity index (χ0n) is 11.0. The molecule has 0 saturated carbocycles. The highest BCUT2D eigenvalue weighted by molar-refractivity contribution is 6.76. The van der Waals surface area contributed by atoms with Crippen molar-refractivity contribution >= 4 is 13.9 Å². The summed E-state index contributed by atoms with van der Waals surface area (Å²) in [6.07, 6.45) is 1.19.